The van der Waals surface area contributed by atoms with Crippen LogP contribution in [0.5, 0.6) is 0 Å². The Balaban J connectivity index is 2.19. The van der Waals surface area contributed by atoms with Gasteiger partial charge in [0.05, 0.1) is 13.2 Å². The number of halogens is 1. The molecule has 14 heavy (non-hydrogen) atoms. The molecule has 0 spiro atoms. The number of morpholine rings is 1. The van der Waals surface area contributed by atoms with E-state index in [9.17, 15) is 9.18 Å². The van der Waals surface area contributed by atoms with E-state index in [2.05, 4.69) is 4.90 Å². The normalized spacial score (nSPS) is 19.7. The lowest BCUT2D eigenvalue weighted by atomic mass is 10.2. The van der Waals surface area contributed by atoms with Crippen LogP contribution in [0.2, 0.25) is 0 Å². The van der Waals surface area contributed by atoms with Gasteiger partial charge in [-0.15, -0.1) is 0 Å². The number of ether oxygens (including phenoxy) is 1. The van der Waals surface area contributed by atoms with E-state index in [1.54, 1.807) is 6.08 Å². The summed E-state index contributed by atoms with van der Waals surface area (Å²) in [5.74, 6) is 0. The maximum Gasteiger partial charge on any atom is 0.327 e. The summed E-state index contributed by atoms with van der Waals surface area (Å²) in [6.45, 7) is 5.76. The largest absolute Gasteiger partial charge is 0.379 e. The molecule has 0 aromatic rings. The quantitative estimate of drug-likeness (QED) is 0.505. The molecule has 1 heterocycles. The van der Waals surface area contributed by atoms with Crippen LogP contribution in [-0.4, -0.2) is 43.8 Å². The zero-order valence-electron chi connectivity index (χ0n) is 8.46. The predicted molar refractivity (Wildman–Crippen MR) is 51.7 cm³/mol. The fraction of sp³-hybridized carbons (Fsp3) is 0.700. The standard InChI is InChI=1S/C10H16FNO2/c1-9(10(11)13)3-2-4-12-5-7-14-8-6-12/h3H,2,4-8H2,1H3. The molecule has 0 atom stereocenters. The molecule has 0 radical (unpaired) electrons. The van der Waals surface area contributed by atoms with E-state index in [4.69, 9.17) is 4.74 Å². The Morgan fingerprint density at radius 1 is 1.50 bits per heavy atom. The van der Waals surface area contributed by atoms with Crippen molar-refractivity contribution >= 4 is 6.04 Å². The summed E-state index contributed by atoms with van der Waals surface area (Å²) >= 11 is 0. The first-order valence-corrected chi connectivity index (χ1v) is 4.87. The molecule has 1 aliphatic rings. The number of hydrogen-bond acceptors (Lipinski definition) is 3. The van der Waals surface area contributed by atoms with E-state index in [-0.39, 0.29) is 5.57 Å². The Morgan fingerprint density at radius 2 is 2.14 bits per heavy atom. The molecule has 0 saturated carbocycles. The van der Waals surface area contributed by atoms with E-state index in [0.29, 0.717) is 0 Å². The van der Waals surface area contributed by atoms with Crippen LogP contribution in [0.25, 0.3) is 0 Å². The van der Waals surface area contributed by atoms with Crippen LogP contribution in [-0.2, 0) is 9.53 Å². The summed E-state index contributed by atoms with van der Waals surface area (Å²) in [5, 5.41) is 0. The second-order valence-electron chi connectivity index (χ2n) is 3.40. The third kappa shape index (κ3) is 3.98. The molecule has 4 heteroatoms. The molecule has 1 saturated heterocycles. The Kier molecular flexibility index (Phi) is 4.76. The van der Waals surface area contributed by atoms with Crippen molar-refractivity contribution in [2.75, 3.05) is 32.8 Å². The number of carbonyl (C=O) groups is 1. The number of allylic oxidation sites excluding steroid dienone is 1. The average molecular weight is 201 g/mol. The predicted octanol–water partition coefficient (Wildman–Crippen LogP) is 1.15. The minimum atomic E-state index is -1.33. The molecule has 3 nitrogen and oxygen atoms in total. The lowest BCUT2D eigenvalue weighted by Gasteiger charge is -2.25. The van der Waals surface area contributed by atoms with Crippen molar-refractivity contribution in [2.45, 2.75) is 13.3 Å². The zero-order valence-corrected chi connectivity index (χ0v) is 8.46. The molecule has 80 valence electrons. The van der Waals surface area contributed by atoms with Crippen molar-refractivity contribution in [3.8, 4) is 0 Å². The highest BCUT2D eigenvalue weighted by atomic mass is 19.1. The van der Waals surface area contributed by atoms with Crippen molar-refractivity contribution in [3.63, 3.8) is 0 Å². The first kappa shape index (κ1) is 11.3. The zero-order chi connectivity index (χ0) is 10.4. The first-order chi connectivity index (χ1) is 6.70. The number of rotatable bonds is 4. The lowest BCUT2D eigenvalue weighted by Crippen LogP contribution is -2.36. The minimum absolute atomic E-state index is 0.207. The maximum atomic E-state index is 12.1. The fourth-order valence-corrected chi connectivity index (χ4v) is 1.37. The summed E-state index contributed by atoms with van der Waals surface area (Å²) in [7, 11) is 0. The number of nitrogens with zero attached hydrogens (tertiary/aromatic N) is 1. The first-order valence-electron chi connectivity index (χ1n) is 4.87. The van der Waals surface area contributed by atoms with Gasteiger partial charge in [-0.1, -0.05) is 6.08 Å². The highest BCUT2D eigenvalue weighted by Gasteiger charge is 2.08. The third-order valence-corrected chi connectivity index (χ3v) is 2.31. The van der Waals surface area contributed by atoms with Gasteiger partial charge in [-0.3, -0.25) is 9.69 Å². The van der Waals surface area contributed by atoms with Crippen molar-refractivity contribution in [2.24, 2.45) is 0 Å². The minimum Gasteiger partial charge on any atom is -0.379 e. The van der Waals surface area contributed by atoms with Gasteiger partial charge in [0.15, 0.2) is 0 Å². The monoisotopic (exact) mass is 201 g/mol. The van der Waals surface area contributed by atoms with Crippen LogP contribution < -0.4 is 0 Å². The van der Waals surface area contributed by atoms with Crippen LogP contribution in [0, 0.1) is 0 Å². The van der Waals surface area contributed by atoms with Gasteiger partial charge in [-0.25, -0.2) is 0 Å². The third-order valence-electron chi connectivity index (χ3n) is 2.31. The molecule has 1 aliphatic heterocycles. The van der Waals surface area contributed by atoms with Crippen LogP contribution >= 0.6 is 0 Å². The molecule has 0 aliphatic carbocycles. The summed E-state index contributed by atoms with van der Waals surface area (Å²) in [5.41, 5.74) is 0.207. The smallest absolute Gasteiger partial charge is 0.327 e. The van der Waals surface area contributed by atoms with Crippen LogP contribution in [0.1, 0.15) is 13.3 Å². The number of carbonyl (C=O) groups excluding carboxylic acids is 1. The van der Waals surface area contributed by atoms with Crippen LogP contribution in [0.3, 0.4) is 0 Å². The second-order valence-corrected chi connectivity index (χ2v) is 3.40. The van der Waals surface area contributed by atoms with Gasteiger partial charge < -0.3 is 4.74 Å². The highest BCUT2D eigenvalue weighted by Crippen LogP contribution is 2.02. The molecule has 1 fully saturated rings. The van der Waals surface area contributed by atoms with Gasteiger partial charge in [0.1, 0.15) is 0 Å². The van der Waals surface area contributed by atoms with E-state index >= 15 is 0 Å². The Morgan fingerprint density at radius 3 is 2.71 bits per heavy atom. The van der Waals surface area contributed by atoms with Crippen molar-refractivity contribution in [1.82, 2.24) is 4.90 Å². The van der Waals surface area contributed by atoms with Gasteiger partial charge in [0.2, 0.25) is 0 Å². The van der Waals surface area contributed by atoms with E-state index in [0.717, 1.165) is 39.3 Å². The van der Waals surface area contributed by atoms with Gasteiger partial charge >= 0.3 is 6.04 Å². The summed E-state index contributed by atoms with van der Waals surface area (Å²) in [4.78, 5) is 12.5. The SMILES string of the molecule is CC(=CCCN1CCOCC1)C(=O)F. The maximum absolute atomic E-state index is 12.1. The topological polar surface area (TPSA) is 29.5 Å². The Bertz CT molecular complexity index is 222. The second kappa shape index (κ2) is 5.88. The molecular formula is C10H16FNO2. The summed E-state index contributed by atoms with van der Waals surface area (Å²) in [6, 6.07) is -1.33. The van der Waals surface area contributed by atoms with E-state index in [1.165, 1.54) is 6.92 Å². The van der Waals surface area contributed by atoms with Crippen LogP contribution in [0.15, 0.2) is 11.6 Å². The fourth-order valence-electron chi connectivity index (χ4n) is 1.37. The molecule has 1 rings (SSSR count). The van der Waals surface area contributed by atoms with Gasteiger partial charge in [-0.05, 0) is 13.3 Å². The number of hydrogen-bond donors (Lipinski definition) is 0. The summed E-state index contributed by atoms with van der Waals surface area (Å²) in [6.07, 6.45) is 2.37. The molecule has 0 amide bonds. The van der Waals surface area contributed by atoms with Crippen molar-refractivity contribution in [3.05, 3.63) is 11.6 Å². The van der Waals surface area contributed by atoms with Gasteiger partial charge in [-0.2, -0.15) is 4.39 Å². The lowest BCUT2D eigenvalue weighted by molar-refractivity contribution is -0.125. The van der Waals surface area contributed by atoms with Crippen LogP contribution in [0.4, 0.5) is 4.39 Å². The van der Waals surface area contributed by atoms with Gasteiger partial charge in [0.25, 0.3) is 0 Å². The highest BCUT2D eigenvalue weighted by molar-refractivity contribution is 5.86. The van der Waals surface area contributed by atoms with E-state index in [1.807, 2.05) is 0 Å². The van der Waals surface area contributed by atoms with Crippen molar-refractivity contribution < 1.29 is 13.9 Å². The molecule has 0 aromatic carbocycles. The van der Waals surface area contributed by atoms with Crippen molar-refractivity contribution in [1.29, 1.82) is 0 Å². The molecule has 0 unspecified atom stereocenters. The Hall–Kier alpha value is -0.740. The summed E-state index contributed by atoms with van der Waals surface area (Å²) < 4.78 is 17.3. The molecule has 0 N–H and O–H groups in total. The molecular weight excluding hydrogens is 185 g/mol. The van der Waals surface area contributed by atoms with E-state index < -0.39 is 6.04 Å². The Labute approximate surface area is 83.5 Å². The average Bonchev–Trinajstić information content (AvgIpc) is 2.19. The molecule has 0 bridgehead atoms. The molecule has 0 aromatic heterocycles. The van der Waals surface area contributed by atoms with Gasteiger partial charge in [0, 0.05) is 25.2 Å².